The van der Waals surface area contributed by atoms with E-state index >= 15 is 0 Å². The smallest absolute Gasteiger partial charge is 0.264 e. The molecule has 0 fully saturated rings. The van der Waals surface area contributed by atoms with Gasteiger partial charge in [-0.05, 0) is 29.8 Å². The number of nitrogen functional groups attached to an aromatic ring is 1. The maximum absolute atomic E-state index is 12.9. The van der Waals surface area contributed by atoms with Gasteiger partial charge in [0.2, 0.25) is 5.16 Å². The summed E-state index contributed by atoms with van der Waals surface area (Å²) in [5, 5.41) is 12.2. The molecule has 0 aliphatic carbocycles. The Kier molecular flexibility index (Phi) is 6.20. The molecule has 10 heteroatoms. The van der Waals surface area contributed by atoms with Crippen molar-refractivity contribution in [2.24, 2.45) is 5.10 Å². The summed E-state index contributed by atoms with van der Waals surface area (Å²) in [5.41, 5.74) is 3.98. The van der Waals surface area contributed by atoms with Crippen molar-refractivity contribution in [1.29, 1.82) is 0 Å². The molecule has 0 radical (unpaired) electrons. The summed E-state index contributed by atoms with van der Waals surface area (Å²) in [4.78, 5) is 12.2. The number of anilines is 1. The highest BCUT2D eigenvalue weighted by Gasteiger charge is 2.13. The number of rotatable bonds is 7. The highest BCUT2D eigenvalue weighted by Crippen LogP contribution is 2.19. The molecule has 2 aromatic carbocycles. The molecule has 3 aromatic rings. The second-order valence-electron chi connectivity index (χ2n) is 5.32. The molecule has 3 rings (SSSR count). The van der Waals surface area contributed by atoms with Crippen molar-refractivity contribution in [2.75, 3.05) is 17.0 Å². The van der Waals surface area contributed by atoms with Crippen molar-refractivity contribution in [1.82, 2.24) is 14.9 Å². The van der Waals surface area contributed by atoms with E-state index in [1.165, 1.54) is 34.8 Å². The number of hydrazone groups is 1. The molecule has 1 heterocycles. The monoisotopic (exact) mass is 448 g/mol. The number of nitrogens with two attached hydrogens (primary N) is 1. The first-order chi connectivity index (χ1) is 13.0. The highest BCUT2D eigenvalue weighted by atomic mass is 79.9. The predicted molar refractivity (Wildman–Crippen MR) is 107 cm³/mol. The van der Waals surface area contributed by atoms with E-state index in [2.05, 4.69) is 36.7 Å². The van der Waals surface area contributed by atoms with Gasteiger partial charge in [0.1, 0.15) is 5.82 Å². The number of carbonyl (C=O) groups excluding carboxylic acids is 1. The van der Waals surface area contributed by atoms with Gasteiger partial charge in [-0.15, -0.1) is 10.2 Å². The summed E-state index contributed by atoms with van der Waals surface area (Å²) in [7, 11) is 0. The zero-order valence-electron chi connectivity index (χ0n) is 13.8. The van der Waals surface area contributed by atoms with Gasteiger partial charge in [-0.3, -0.25) is 4.79 Å². The number of carbonyl (C=O) groups is 1. The quantitative estimate of drug-likeness (QED) is 0.189. The normalized spacial score (nSPS) is 11.0. The Morgan fingerprint density at radius 1 is 1.22 bits per heavy atom. The molecule has 0 atom stereocenters. The molecule has 0 spiro atoms. The third-order valence-corrected chi connectivity index (χ3v) is 4.88. The van der Waals surface area contributed by atoms with Crippen molar-refractivity contribution in [3.63, 3.8) is 0 Å². The predicted octanol–water partition coefficient (Wildman–Crippen LogP) is 3.31. The third kappa shape index (κ3) is 5.14. The molecular formula is C17H14BrFN6OS. The topological polar surface area (TPSA) is 98.2 Å². The van der Waals surface area contributed by atoms with Crippen LogP contribution < -0.4 is 11.3 Å². The zero-order chi connectivity index (χ0) is 19.2. The van der Waals surface area contributed by atoms with Gasteiger partial charge in [-0.1, -0.05) is 52.0 Å². The molecule has 0 aliphatic heterocycles. The van der Waals surface area contributed by atoms with Gasteiger partial charge in [-0.2, -0.15) is 5.10 Å². The van der Waals surface area contributed by atoms with Crippen molar-refractivity contribution in [3.05, 3.63) is 69.9 Å². The number of hydrogen-bond donors (Lipinski definition) is 2. The van der Waals surface area contributed by atoms with Crippen LogP contribution in [0.3, 0.4) is 0 Å². The van der Waals surface area contributed by atoms with Crippen molar-refractivity contribution in [2.45, 2.75) is 5.16 Å². The van der Waals surface area contributed by atoms with Gasteiger partial charge >= 0.3 is 0 Å². The van der Waals surface area contributed by atoms with E-state index in [1.807, 2.05) is 12.1 Å². The molecule has 1 aromatic heterocycles. The highest BCUT2D eigenvalue weighted by molar-refractivity contribution is 9.10. The number of ketones is 1. The molecule has 3 N–H and O–H groups in total. The van der Waals surface area contributed by atoms with Crippen LogP contribution >= 0.6 is 27.7 Å². The van der Waals surface area contributed by atoms with Crippen molar-refractivity contribution < 1.29 is 9.18 Å². The van der Waals surface area contributed by atoms with E-state index in [-0.39, 0.29) is 23.3 Å². The van der Waals surface area contributed by atoms with Crippen LogP contribution in [-0.2, 0) is 0 Å². The summed E-state index contributed by atoms with van der Waals surface area (Å²) in [6.45, 7) is 0. The first kappa shape index (κ1) is 19.1. The van der Waals surface area contributed by atoms with Crippen LogP contribution in [0.25, 0.3) is 0 Å². The number of thioether (sulfide) groups is 1. The van der Waals surface area contributed by atoms with Crippen molar-refractivity contribution >= 4 is 45.6 Å². The van der Waals surface area contributed by atoms with Gasteiger partial charge in [-0.25, -0.2) is 14.5 Å². The third-order valence-electron chi connectivity index (χ3n) is 3.41. The second-order valence-corrected chi connectivity index (χ2v) is 7.17. The van der Waals surface area contributed by atoms with Gasteiger partial charge in [0, 0.05) is 10.0 Å². The molecule has 0 saturated carbocycles. The first-order valence-corrected chi connectivity index (χ1v) is 9.47. The average molecular weight is 449 g/mol. The lowest BCUT2D eigenvalue weighted by Gasteiger charge is -2.03. The lowest BCUT2D eigenvalue weighted by Crippen LogP contribution is -2.14. The second kappa shape index (κ2) is 8.78. The fraction of sp³-hybridized carbons (Fsp3) is 0.0588. The number of Topliss-reactive ketones (excluding diaryl/α,β-unsaturated/α-hetero) is 1. The van der Waals surface area contributed by atoms with E-state index in [0.29, 0.717) is 16.3 Å². The zero-order valence-corrected chi connectivity index (χ0v) is 16.2. The molecule has 0 saturated heterocycles. The molecule has 0 aliphatic rings. The lowest BCUT2D eigenvalue weighted by atomic mass is 10.2. The Bertz CT molecular complexity index is 959. The minimum atomic E-state index is -0.318. The summed E-state index contributed by atoms with van der Waals surface area (Å²) < 4.78 is 15.0. The Hall–Kier alpha value is -2.72. The van der Waals surface area contributed by atoms with E-state index in [9.17, 15) is 9.18 Å². The van der Waals surface area contributed by atoms with E-state index in [4.69, 9.17) is 5.84 Å². The van der Waals surface area contributed by atoms with Gasteiger partial charge in [0.15, 0.2) is 5.78 Å². The molecule has 27 heavy (non-hydrogen) atoms. The number of nitrogens with zero attached hydrogens (tertiary/aromatic N) is 4. The molecule has 7 nitrogen and oxygen atoms in total. The lowest BCUT2D eigenvalue weighted by molar-refractivity contribution is 0.102. The molecular weight excluding hydrogens is 435 g/mol. The Balaban J connectivity index is 1.57. The number of nitrogens with one attached hydrogen (secondary N) is 1. The van der Waals surface area contributed by atoms with E-state index in [0.717, 1.165) is 4.47 Å². The standard InChI is InChI=1S/C17H14BrFN6OS/c18-13-5-3-12(4-6-13)15(26)10-27-17-24-23-16(25(17)20)22-21-9-11-1-7-14(19)8-2-11/h1-9H,10,20H2,(H,22,23)/b21-9+. The van der Waals surface area contributed by atoms with Crippen LogP contribution in [0.4, 0.5) is 10.3 Å². The Labute approximate surface area is 167 Å². The van der Waals surface area contributed by atoms with E-state index < -0.39 is 0 Å². The molecule has 138 valence electrons. The van der Waals surface area contributed by atoms with Crippen LogP contribution in [0.2, 0.25) is 0 Å². The summed E-state index contributed by atoms with van der Waals surface area (Å²) in [6.07, 6.45) is 1.50. The van der Waals surface area contributed by atoms with Crippen LogP contribution in [-0.4, -0.2) is 32.6 Å². The summed E-state index contributed by atoms with van der Waals surface area (Å²) in [6, 6.07) is 13.0. The molecule has 0 unspecified atom stereocenters. The molecule has 0 bridgehead atoms. The minimum Gasteiger partial charge on any atom is -0.334 e. The van der Waals surface area contributed by atoms with Gasteiger partial charge < -0.3 is 5.84 Å². The Morgan fingerprint density at radius 2 is 1.93 bits per heavy atom. The largest absolute Gasteiger partial charge is 0.334 e. The van der Waals surface area contributed by atoms with E-state index in [1.54, 1.807) is 24.3 Å². The van der Waals surface area contributed by atoms with Gasteiger partial charge in [0.05, 0.1) is 12.0 Å². The van der Waals surface area contributed by atoms with Gasteiger partial charge in [0.25, 0.3) is 5.95 Å². The minimum absolute atomic E-state index is 0.0423. The summed E-state index contributed by atoms with van der Waals surface area (Å²) in [5.74, 6) is 5.95. The maximum Gasteiger partial charge on any atom is 0.264 e. The van der Waals surface area contributed by atoms with Crippen molar-refractivity contribution in [3.8, 4) is 0 Å². The number of halogens is 2. The Morgan fingerprint density at radius 3 is 2.63 bits per heavy atom. The van der Waals surface area contributed by atoms with Crippen LogP contribution in [0, 0.1) is 5.82 Å². The fourth-order valence-corrected chi connectivity index (χ4v) is 3.03. The van der Waals surface area contributed by atoms with Crippen LogP contribution in [0.5, 0.6) is 0 Å². The number of hydrogen-bond acceptors (Lipinski definition) is 7. The number of benzene rings is 2. The molecule has 0 amide bonds. The average Bonchev–Trinajstić information content (AvgIpc) is 3.02. The van der Waals surface area contributed by atoms with Crippen LogP contribution in [0.15, 0.2) is 63.3 Å². The number of aromatic nitrogens is 3. The first-order valence-electron chi connectivity index (χ1n) is 7.69. The summed E-state index contributed by atoms with van der Waals surface area (Å²) >= 11 is 4.51. The maximum atomic E-state index is 12.9. The fourth-order valence-electron chi connectivity index (χ4n) is 2.01. The van der Waals surface area contributed by atoms with Crippen LogP contribution in [0.1, 0.15) is 15.9 Å². The SMILES string of the molecule is Nn1c(N/N=C/c2ccc(F)cc2)nnc1SCC(=O)c1ccc(Br)cc1.